The Kier molecular flexibility index (Phi) is 13.0. The number of hydrogen-bond acceptors (Lipinski definition) is 0. The summed E-state index contributed by atoms with van der Waals surface area (Å²) in [6, 6.07) is 11.9. The zero-order valence-corrected chi connectivity index (χ0v) is 28.6. The Morgan fingerprint density at radius 2 is 1.18 bits per heavy atom. The van der Waals surface area contributed by atoms with Gasteiger partial charge < -0.3 is 14.9 Å². The molecule has 188 valence electrons. The molecular formula is C28H49Cl2PSiZr. The van der Waals surface area contributed by atoms with E-state index in [-0.39, 0.29) is 22.8 Å². The second-order valence-electron chi connectivity index (χ2n) is 11.9. The number of rotatable bonds is 3. The van der Waals surface area contributed by atoms with Crippen LogP contribution in [0.5, 0.6) is 0 Å². The summed E-state index contributed by atoms with van der Waals surface area (Å²) in [5.41, 5.74) is 4.06. The minimum atomic E-state index is -1.34. The molecule has 1 aliphatic heterocycles. The molecule has 5 unspecified atom stereocenters. The van der Waals surface area contributed by atoms with Gasteiger partial charge in [0.15, 0.2) is 0 Å². The molecule has 4 rings (SSSR count). The second-order valence-corrected chi connectivity index (χ2v) is 23.1. The van der Waals surface area contributed by atoms with Crippen molar-refractivity contribution < 1.29 is 20.8 Å². The Balaban J connectivity index is 0.00000103. The van der Waals surface area contributed by atoms with Crippen LogP contribution in [0.15, 0.2) is 30.3 Å². The molecule has 0 amide bonds. The molecule has 0 bridgehead atoms. The van der Waals surface area contributed by atoms with E-state index < -0.39 is 28.9 Å². The number of halogens is 2. The van der Waals surface area contributed by atoms with Crippen LogP contribution in [0.1, 0.15) is 54.4 Å². The van der Waals surface area contributed by atoms with E-state index in [2.05, 4.69) is 85.0 Å². The number of hydrogen-bond donors (Lipinski definition) is 0. The van der Waals surface area contributed by atoms with Crippen LogP contribution in [0, 0.1) is 50.4 Å². The van der Waals surface area contributed by atoms with Crippen molar-refractivity contribution in [3.05, 3.63) is 45.2 Å². The zero-order valence-electron chi connectivity index (χ0n) is 22.8. The van der Waals surface area contributed by atoms with Crippen LogP contribution in [0.2, 0.25) is 24.2 Å². The first-order valence-electron chi connectivity index (χ1n) is 12.4. The van der Waals surface area contributed by atoms with Crippen molar-refractivity contribution in [2.24, 2.45) is 35.5 Å². The van der Waals surface area contributed by atoms with Gasteiger partial charge in [-0.25, -0.2) is 0 Å². The van der Waals surface area contributed by atoms with Crippen LogP contribution in [0.25, 0.3) is 0 Å². The molecule has 3 fully saturated rings. The fraction of sp³-hybridized carbons (Fsp3) is 0.714. The van der Waals surface area contributed by atoms with Gasteiger partial charge in [-0.1, -0.05) is 92.9 Å². The molecule has 3 aliphatic rings. The van der Waals surface area contributed by atoms with Crippen LogP contribution in [-0.4, -0.2) is 19.4 Å². The summed E-state index contributed by atoms with van der Waals surface area (Å²) in [4.78, 5) is 0. The van der Waals surface area contributed by atoms with Gasteiger partial charge in [-0.2, -0.15) is 0 Å². The van der Waals surface area contributed by atoms with Crippen molar-refractivity contribution in [1.29, 1.82) is 0 Å². The van der Waals surface area contributed by atoms with Gasteiger partial charge in [-0.3, -0.25) is 0 Å². The van der Waals surface area contributed by atoms with Crippen molar-refractivity contribution in [1.82, 2.24) is 0 Å². The van der Waals surface area contributed by atoms with Crippen molar-refractivity contribution in [2.45, 2.75) is 89.9 Å². The molecule has 0 aromatic heterocycles. The van der Waals surface area contributed by atoms with Crippen LogP contribution >= 0.6 is 24.9 Å². The zero-order chi connectivity index (χ0) is 23.1. The van der Waals surface area contributed by atoms with E-state index in [0.717, 1.165) is 57.9 Å². The molecule has 5 heteroatoms. The normalized spacial score (nSPS) is 38.2. The monoisotopic (exact) mass is 604 g/mol. The summed E-state index contributed by atoms with van der Waals surface area (Å²) in [5.74, 6) is 5.48. The summed E-state index contributed by atoms with van der Waals surface area (Å²) in [6.45, 7) is 21.0. The number of benzene rings is 1. The summed E-state index contributed by atoms with van der Waals surface area (Å²) >= 11 is -0.826. The third-order valence-corrected chi connectivity index (χ3v) is 18.7. The van der Waals surface area contributed by atoms with E-state index >= 15 is 0 Å². The van der Waals surface area contributed by atoms with E-state index in [4.69, 9.17) is 17.0 Å². The first kappa shape index (κ1) is 32.4. The Labute approximate surface area is 228 Å². The molecular weight excluding hydrogens is 557 g/mol. The molecule has 0 spiro atoms. The van der Waals surface area contributed by atoms with Gasteiger partial charge in [0.2, 0.25) is 0 Å². The van der Waals surface area contributed by atoms with Gasteiger partial charge in [0.05, 0.1) is 8.07 Å². The number of fused-ring (bicyclic) bond motifs is 2. The molecule has 1 heterocycles. The van der Waals surface area contributed by atoms with E-state index in [1.807, 2.05) is 0 Å². The SMILES string of the molecule is CC(C)C1CC(C)[C@H]2[C@@H]1[Si](C)(C)C1[C@H](C(C)C)CC(C)[C@@H]1P2c1ccccc1.[CH3-].[CH3-].[Cl][Zr+2][Cl]. The predicted octanol–water partition coefficient (Wildman–Crippen LogP) is 9.89. The standard InChI is InChI=1S/C26H43PSi.2CH3.2ClH.Zr/c1-16(2)21-14-18(5)23-25(21)28(7,8)26-22(17(3)4)15-19(6)24(26)27(23)20-12-10-9-11-13-20;;;;;/h9-13,16-19,21-26H,14-15H2,1-8H3;2*1H3;2*1H;/q;2*-1;;;+4/p-2/t18?,19?,21-,22?,23-,24-,25?,26+,27?;;;;;/m0...../s1. The Morgan fingerprint density at radius 3 is 1.52 bits per heavy atom. The third kappa shape index (κ3) is 6.08. The summed E-state index contributed by atoms with van der Waals surface area (Å²) in [7, 11) is 8.47. The van der Waals surface area contributed by atoms with Crippen molar-refractivity contribution in [3.8, 4) is 0 Å². The van der Waals surface area contributed by atoms with Crippen molar-refractivity contribution in [2.75, 3.05) is 0 Å². The maximum absolute atomic E-state index is 4.93. The first-order valence-corrected chi connectivity index (χ1v) is 23.3. The molecule has 9 atom stereocenters. The van der Waals surface area contributed by atoms with Crippen LogP contribution in [-0.2, 0) is 20.8 Å². The summed E-state index contributed by atoms with van der Waals surface area (Å²) in [5, 5.41) is 1.74. The van der Waals surface area contributed by atoms with E-state index in [0.29, 0.717) is 0 Å². The Bertz CT molecular complexity index is 675. The van der Waals surface area contributed by atoms with Crippen molar-refractivity contribution >= 4 is 38.3 Å². The molecule has 1 aromatic carbocycles. The minimum absolute atomic E-state index is 0. The Hall–Kier alpha value is 1.33. The van der Waals surface area contributed by atoms with Gasteiger partial charge in [-0.05, 0) is 76.1 Å². The average Bonchev–Trinajstić information content (AvgIpc) is 3.24. The first-order chi connectivity index (χ1) is 14.6. The fourth-order valence-corrected chi connectivity index (χ4v) is 21.7. The van der Waals surface area contributed by atoms with Crippen LogP contribution in [0.3, 0.4) is 0 Å². The second kappa shape index (κ2) is 13.2. The quantitative estimate of drug-likeness (QED) is 0.183. The summed E-state index contributed by atoms with van der Waals surface area (Å²) in [6.07, 6.45) is 2.99. The topological polar surface area (TPSA) is 0 Å². The third-order valence-electron chi connectivity index (χ3n) is 9.24. The van der Waals surface area contributed by atoms with Gasteiger partial charge >= 0.3 is 37.9 Å². The molecule has 0 nitrogen and oxygen atoms in total. The molecule has 0 N–H and O–H groups in total. The van der Waals surface area contributed by atoms with E-state index in [9.17, 15) is 0 Å². The fourth-order valence-electron chi connectivity index (χ4n) is 8.26. The van der Waals surface area contributed by atoms with E-state index in [1.54, 1.807) is 5.30 Å². The van der Waals surface area contributed by atoms with Gasteiger partial charge in [0, 0.05) is 0 Å². The van der Waals surface area contributed by atoms with Gasteiger partial charge in [0.25, 0.3) is 0 Å². The maximum atomic E-state index is 4.93. The van der Waals surface area contributed by atoms with Gasteiger partial charge in [-0.15, -0.1) is 0 Å². The summed E-state index contributed by atoms with van der Waals surface area (Å²) < 4.78 is 0. The molecule has 2 aliphatic carbocycles. The molecule has 1 aromatic rings. The van der Waals surface area contributed by atoms with Crippen LogP contribution in [0.4, 0.5) is 0 Å². The van der Waals surface area contributed by atoms with Crippen molar-refractivity contribution in [3.63, 3.8) is 0 Å². The molecule has 0 radical (unpaired) electrons. The predicted molar refractivity (Wildman–Crippen MR) is 154 cm³/mol. The average molecular weight is 607 g/mol. The Morgan fingerprint density at radius 1 is 0.818 bits per heavy atom. The molecule has 33 heavy (non-hydrogen) atoms. The molecule has 2 saturated carbocycles. The van der Waals surface area contributed by atoms with E-state index in [1.165, 1.54) is 12.8 Å². The molecule has 1 saturated heterocycles. The van der Waals surface area contributed by atoms with Gasteiger partial charge in [0.1, 0.15) is 0 Å². The van der Waals surface area contributed by atoms with Crippen LogP contribution < -0.4 is 5.30 Å².